The van der Waals surface area contributed by atoms with Crippen LogP contribution in [0.3, 0.4) is 0 Å². The normalized spacial score (nSPS) is 15.2. The van der Waals surface area contributed by atoms with Gasteiger partial charge in [-0.1, -0.05) is 13.8 Å². The molecule has 1 rings (SSSR count). The summed E-state index contributed by atoms with van der Waals surface area (Å²) in [4.78, 5) is 2.18. The molecule has 0 aliphatic carbocycles. The van der Waals surface area contributed by atoms with Gasteiger partial charge in [0.15, 0.2) is 0 Å². The second kappa shape index (κ2) is 6.39. The minimum Gasteiger partial charge on any atom is -0.396 e. The molecule has 0 saturated heterocycles. The summed E-state index contributed by atoms with van der Waals surface area (Å²) in [5.41, 5.74) is 8.37. The number of hydrogen-bond acceptors (Lipinski definition) is 4. The average molecular weight is 268 g/mol. The fraction of sp³-hybridized carbons (Fsp3) is 0.786. The van der Waals surface area contributed by atoms with Gasteiger partial charge in [-0.2, -0.15) is 5.10 Å². The van der Waals surface area contributed by atoms with Gasteiger partial charge >= 0.3 is 0 Å². The largest absolute Gasteiger partial charge is 0.396 e. The van der Waals surface area contributed by atoms with Crippen LogP contribution in [0.15, 0.2) is 0 Å². The third-order valence-corrected chi connectivity index (χ3v) is 3.98. The number of nitrogen functional groups attached to an aromatic ring is 1. The van der Waals surface area contributed by atoms with Crippen LogP contribution in [-0.2, 0) is 6.54 Å². The molecule has 0 fully saturated rings. The lowest BCUT2D eigenvalue weighted by atomic mass is 10.1. The fourth-order valence-electron chi connectivity index (χ4n) is 2.15. The highest BCUT2D eigenvalue weighted by atomic mass is 16.3. The van der Waals surface area contributed by atoms with E-state index < -0.39 is 6.10 Å². The molecule has 5 nitrogen and oxygen atoms in total. The van der Waals surface area contributed by atoms with E-state index in [9.17, 15) is 5.11 Å². The number of aromatic nitrogens is 2. The first kappa shape index (κ1) is 16.0. The van der Waals surface area contributed by atoms with Crippen molar-refractivity contribution in [1.82, 2.24) is 14.7 Å². The van der Waals surface area contributed by atoms with Gasteiger partial charge in [0, 0.05) is 12.6 Å². The van der Waals surface area contributed by atoms with Crippen LogP contribution in [0, 0.1) is 19.8 Å². The Morgan fingerprint density at radius 1 is 1.32 bits per heavy atom. The predicted octanol–water partition coefficient (Wildman–Crippen LogP) is 1.42. The summed E-state index contributed by atoms with van der Waals surface area (Å²) < 4.78 is 1.79. The summed E-state index contributed by atoms with van der Waals surface area (Å²) in [5.74, 6) is 0.571. The van der Waals surface area contributed by atoms with Gasteiger partial charge in [0.2, 0.25) is 0 Å². The standard InChI is InChI=1S/C14H28N4O/c1-9(2)11(4)17(6)7-13(19)8-18-12(5)14(15)10(3)16-18/h9,11,13,19H,7-8,15H2,1-6H3. The zero-order valence-corrected chi connectivity index (χ0v) is 13.0. The Balaban J connectivity index is 2.60. The fourth-order valence-corrected chi connectivity index (χ4v) is 2.15. The number of likely N-dealkylation sites (N-methyl/N-ethyl adjacent to an activating group) is 1. The molecule has 0 saturated carbocycles. The van der Waals surface area contributed by atoms with Gasteiger partial charge in [-0.05, 0) is 33.7 Å². The van der Waals surface area contributed by atoms with Crippen LogP contribution in [0.2, 0.25) is 0 Å². The smallest absolute Gasteiger partial charge is 0.0862 e. The molecule has 110 valence electrons. The first-order valence-corrected chi connectivity index (χ1v) is 6.91. The Kier molecular flexibility index (Phi) is 5.38. The molecule has 1 aromatic rings. The van der Waals surface area contributed by atoms with Crippen LogP contribution in [0.4, 0.5) is 5.69 Å². The van der Waals surface area contributed by atoms with Crippen LogP contribution in [0.1, 0.15) is 32.2 Å². The maximum Gasteiger partial charge on any atom is 0.0862 e. The number of hydrogen-bond donors (Lipinski definition) is 2. The van der Waals surface area contributed by atoms with E-state index in [0.29, 0.717) is 25.0 Å². The summed E-state index contributed by atoms with van der Waals surface area (Å²) in [6.45, 7) is 11.5. The van der Waals surface area contributed by atoms with Gasteiger partial charge in [0.1, 0.15) is 0 Å². The Hall–Kier alpha value is -1.07. The van der Waals surface area contributed by atoms with Crippen LogP contribution >= 0.6 is 0 Å². The molecule has 0 spiro atoms. The molecule has 2 unspecified atom stereocenters. The molecule has 5 heteroatoms. The number of rotatable bonds is 6. The van der Waals surface area contributed by atoms with Crippen molar-refractivity contribution in [3.63, 3.8) is 0 Å². The third kappa shape index (κ3) is 3.94. The summed E-state index contributed by atoms with van der Waals surface area (Å²) in [6.07, 6.45) is -0.441. The molecule has 0 bridgehead atoms. The van der Waals surface area contributed by atoms with Crippen molar-refractivity contribution in [3.05, 3.63) is 11.4 Å². The number of aliphatic hydroxyl groups excluding tert-OH is 1. The van der Waals surface area contributed by atoms with E-state index in [1.54, 1.807) is 4.68 Å². The van der Waals surface area contributed by atoms with Gasteiger partial charge in [0.25, 0.3) is 0 Å². The summed E-state index contributed by atoms with van der Waals surface area (Å²) >= 11 is 0. The number of nitrogens with two attached hydrogens (primary N) is 1. The van der Waals surface area contributed by atoms with E-state index in [2.05, 4.69) is 30.8 Å². The zero-order valence-electron chi connectivity index (χ0n) is 13.0. The topological polar surface area (TPSA) is 67.3 Å². The SMILES string of the molecule is Cc1nn(CC(O)CN(C)C(C)C(C)C)c(C)c1N. The lowest BCUT2D eigenvalue weighted by Gasteiger charge is -2.29. The highest BCUT2D eigenvalue weighted by molar-refractivity contribution is 5.46. The molecule has 1 aromatic heterocycles. The van der Waals surface area contributed by atoms with Crippen LogP contribution in [-0.4, -0.2) is 45.5 Å². The van der Waals surface area contributed by atoms with E-state index in [0.717, 1.165) is 17.1 Å². The number of anilines is 1. The van der Waals surface area contributed by atoms with Crippen molar-refractivity contribution >= 4 is 5.69 Å². The zero-order chi connectivity index (χ0) is 14.7. The third-order valence-electron chi connectivity index (χ3n) is 3.98. The molecule has 0 amide bonds. The summed E-state index contributed by atoms with van der Waals surface area (Å²) in [5, 5.41) is 14.5. The predicted molar refractivity (Wildman–Crippen MR) is 79.1 cm³/mol. The van der Waals surface area contributed by atoms with Crippen LogP contribution in [0.5, 0.6) is 0 Å². The molecule has 0 aromatic carbocycles. The maximum atomic E-state index is 10.2. The number of aliphatic hydroxyl groups is 1. The minimum absolute atomic E-state index is 0.441. The van der Waals surface area contributed by atoms with E-state index in [-0.39, 0.29) is 0 Å². The van der Waals surface area contributed by atoms with Crippen molar-refractivity contribution in [3.8, 4) is 0 Å². The second-order valence-electron chi connectivity index (χ2n) is 5.84. The first-order chi connectivity index (χ1) is 8.73. The van der Waals surface area contributed by atoms with E-state index in [4.69, 9.17) is 5.73 Å². The minimum atomic E-state index is -0.441. The van der Waals surface area contributed by atoms with Crippen molar-refractivity contribution in [1.29, 1.82) is 0 Å². The summed E-state index contributed by atoms with van der Waals surface area (Å²) in [7, 11) is 2.05. The van der Waals surface area contributed by atoms with Crippen LogP contribution in [0.25, 0.3) is 0 Å². The second-order valence-corrected chi connectivity index (χ2v) is 5.84. The van der Waals surface area contributed by atoms with Crippen molar-refractivity contribution < 1.29 is 5.11 Å². The molecular formula is C14H28N4O. The van der Waals surface area contributed by atoms with Gasteiger partial charge < -0.3 is 15.7 Å². The molecule has 19 heavy (non-hydrogen) atoms. The molecule has 3 N–H and O–H groups in total. The highest BCUT2D eigenvalue weighted by Crippen LogP contribution is 2.15. The van der Waals surface area contributed by atoms with Crippen molar-refractivity contribution in [2.45, 2.75) is 53.3 Å². The van der Waals surface area contributed by atoms with Gasteiger partial charge in [-0.15, -0.1) is 0 Å². The van der Waals surface area contributed by atoms with Gasteiger partial charge in [-0.25, -0.2) is 0 Å². The number of nitrogens with zero attached hydrogens (tertiary/aromatic N) is 3. The summed E-state index contributed by atoms with van der Waals surface area (Å²) in [6, 6.07) is 0.445. The Labute approximate surface area is 116 Å². The molecule has 0 radical (unpaired) electrons. The van der Waals surface area contributed by atoms with Crippen molar-refractivity contribution in [2.24, 2.45) is 5.92 Å². The quantitative estimate of drug-likeness (QED) is 0.819. The monoisotopic (exact) mass is 268 g/mol. The highest BCUT2D eigenvalue weighted by Gasteiger charge is 2.18. The molecule has 1 heterocycles. The maximum absolute atomic E-state index is 10.2. The van der Waals surface area contributed by atoms with E-state index >= 15 is 0 Å². The Bertz CT molecular complexity index is 414. The molecular weight excluding hydrogens is 240 g/mol. The lowest BCUT2D eigenvalue weighted by molar-refractivity contribution is 0.0803. The van der Waals surface area contributed by atoms with Crippen LogP contribution < -0.4 is 5.73 Å². The first-order valence-electron chi connectivity index (χ1n) is 6.91. The molecule has 2 atom stereocenters. The average Bonchev–Trinajstić information content (AvgIpc) is 2.55. The van der Waals surface area contributed by atoms with Gasteiger partial charge in [-0.3, -0.25) is 4.68 Å². The van der Waals surface area contributed by atoms with E-state index in [1.807, 2.05) is 20.9 Å². The van der Waals surface area contributed by atoms with E-state index in [1.165, 1.54) is 0 Å². The molecule has 0 aliphatic heterocycles. The Morgan fingerprint density at radius 2 is 1.89 bits per heavy atom. The Morgan fingerprint density at radius 3 is 2.32 bits per heavy atom. The number of aryl methyl sites for hydroxylation is 1. The molecule has 0 aliphatic rings. The van der Waals surface area contributed by atoms with Crippen molar-refractivity contribution in [2.75, 3.05) is 19.3 Å². The van der Waals surface area contributed by atoms with Gasteiger partial charge in [0.05, 0.1) is 29.7 Å². The lowest BCUT2D eigenvalue weighted by Crippen LogP contribution is -2.40.